The molecular formula is C13H20O2. The number of aliphatic hydroxyl groups excluding tert-OH is 1. The molecule has 1 aromatic carbocycles. The maximum absolute atomic E-state index is 9.80. The standard InChI is InChI=1S/C13H20O2/c1-10(2)7-12(14)8-11-5-4-6-13(9-11)15-3/h4-6,9-10,12,14H,7-8H2,1-3H3. The molecule has 0 aliphatic carbocycles. The van der Waals surface area contributed by atoms with Gasteiger partial charge in [-0.15, -0.1) is 0 Å². The van der Waals surface area contributed by atoms with E-state index in [0.717, 1.165) is 17.7 Å². The Kier molecular flexibility index (Phi) is 4.63. The van der Waals surface area contributed by atoms with E-state index in [1.165, 1.54) is 0 Å². The molecule has 0 amide bonds. The van der Waals surface area contributed by atoms with Crippen LogP contribution in [0.1, 0.15) is 25.8 Å². The van der Waals surface area contributed by atoms with Crippen molar-refractivity contribution in [1.82, 2.24) is 0 Å². The van der Waals surface area contributed by atoms with Crippen LogP contribution in [0.5, 0.6) is 5.75 Å². The molecular weight excluding hydrogens is 188 g/mol. The van der Waals surface area contributed by atoms with Gasteiger partial charge in [-0.05, 0) is 36.5 Å². The van der Waals surface area contributed by atoms with Crippen LogP contribution in [-0.2, 0) is 6.42 Å². The zero-order valence-electron chi connectivity index (χ0n) is 9.73. The van der Waals surface area contributed by atoms with Crippen LogP contribution in [0.4, 0.5) is 0 Å². The molecule has 0 bridgehead atoms. The van der Waals surface area contributed by atoms with Gasteiger partial charge in [0.2, 0.25) is 0 Å². The molecule has 0 aromatic heterocycles. The SMILES string of the molecule is COc1cccc(CC(O)CC(C)C)c1. The van der Waals surface area contributed by atoms with E-state index in [-0.39, 0.29) is 6.10 Å². The topological polar surface area (TPSA) is 29.5 Å². The predicted molar refractivity (Wildman–Crippen MR) is 62.2 cm³/mol. The molecule has 1 atom stereocenters. The fourth-order valence-electron chi connectivity index (χ4n) is 1.70. The van der Waals surface area contributed by atoms with Crippen molar-refractivity contribution in [2.45, 2.75) is 32.8 Å². The summed E-state index contributed by atoms with van der Waals surface area (Å²) in [4.78, 5) is 0. The average molecular weight is 208 g/mol. The molecule has 84 valence electrons. The fraction of sp³-hybridized carbons (Fsp3) is 0.538. The highest BCUT2D eigenvalue weighted by molar-refractivity contribution is 5.28. The minimum absolute atomic E-state index is 0.253. The number of benzene rings is 1. The third kappa shape index (κ3) is 4.34. The molecule has 0 aliphatic heterocycles. The molecule has 2 heteroatoms. The molecule has 0 fully saturated rings. The minimum Gasteiger partial charge on any atom is -0.497 e. The smallest absolute Gasteiger partial charge is 0.119 e. The van der Waals surface area contributed by atoms with E-state index >= 15 is 0 Å². The van der Waals surface area contributed by atoms with E-state index < -0.39 is 0 Å². The Hall–Kier alpha value is -1.02. The van der Waals surface area contributed by atoms with Crippen LogP contribution >= 0.6 is 0 Å². The second-order valence-corrected chi connectivity index (χ2v) is 4.34. The van der Waals surface area contributed by atoms with Gasteiger partial charge in [-0.1, -0.05) is 26.0 Å². The molecule has 1 rings (SSSR count). The Morgan fingerprint density at radius 3 is 2.67 bits per heavy atom. The number of rotatable bonds is 5. The summed E-state index contributed by atoms with van der Waals surface area (Å²) in [6.45, 7) is 4.24. The molecule has 0 radical (unpaired) electrons. The lowest BCUT2D eigenvalue weighted by Gasteiger charge is -2.13. The number of aliphatic hydroxyl groups is 1. The van der Waals surface area contributed by atoms with Crippen LogP contribution in [0.3, 0.4) is 0 Å². The van der Waals surface area contributed by atoms with Crippen molar-refractivity contribution in [3.8, 4) is 5.75 Å². The Morgan fingerprint density at radius 2 is 2.07 bits per heavy atom. The first kappa shape index (κ1) is 12.1. The summed E-state index contributed by atoms with van der Waals surface area (Å²) in [5.41, 5.74) is 1.13. The maximum Gasteiger partial charge on any atom is 0.119 e. The normalized spacial score (nSPS) is 12.9. The molecule has 2 nitrogen and oxygen atoms in total. The molecule has 1 unspecified atom stereocenters. The Balaban J connectivity index is 2.55. The van der Waals surface area contributed by atoms with Crippen molar-refractivity contribution in [2.75, 3.05) is 7.11 Å². The monoisotopic (exact) mass is 208 g/mol. The second kappa shape index (κ2) is 5.76. The molecule has 1 N–H and O–H groups in total. The molecule has 0 aliphatic rings. The van der Waals surface area contributed by atoms with Gasteiger partial charge in [0, 0.05) is 0 Å². The lowest BCUT2D eigenvalue weighted by atomic mass is 10.00. The zero-order valence-corrected chi connectivity index (χ0v) is 9.73. The van der Waals surface area contributed by atoms with Crippen molar-refractivity contribution in [2.24, 2.45) is 5.92 Å². The fourth-order valence-corrected chi connectivity index (χ4v) is 1.70. The van der Waals surface area contributed by atoms with Crippen molar-refractivity contribution < 1.29 is 9.84 Å². The first-order valence-electron chi connectivity index (χ1n) is 5.42. The van der Waals surface area contributed by atoms with Gasteiger partial charge in [-0.25, -0.2) is 0 Å². The van der Waals surface area contributed by atoms with Gasteiger partial charge in [0.25, 0.3) is 0 Å². The Morgan fingerprint density at radius 1 is 1.33 bits per heavy atom. The van der Waals surface area contributed by atoms with Crippen molar-refractivity contribution in [3.05, 3.63) is 29.8 Å². The van der Waals surface area contributed by atoms with Gasteiger partial charge >= 0.3 is 0 Å². The minimum atomic E-state index is -0.253. The van der Waals surface area contributed by atoms with E-state index in [1.54, 1.807) is 7.11 Å². The van der Waals surface area contributed by atoms with Crippen LogP contribution in [0, 0.1) is 5.92 Å². The number of hydrogen-bond donors (Lipinski definition) is 1. The van der Waals surface area contributed by atoms with Crippen LogP contribution < -0.4 is 4.74 Å². The van der Waals surface area contributed by atoms with Gasteiger partial charge in [0.05, 0.1) is 13.2 Å². The highest BCUT2D eigenvalue weighted by Gasteiger charge is 2.08. The van der Waals surface area contributed by atoms with Crippen LogP contribution in [0.25, 0.3) is 0 Å². The number of methoxy groups -OCH3 is 1. The van der Waals surface area contributed by atoms with Crippen molar-refractivity contribution in [3.63, 3.8) is 0 Å². The summed E-state index contributed by atoms with van der Waals surface area (Å²) in [5, 5.41) is 9.80. The van der Waals surface area contributed by atoms with Crippen LogP contribution in [0.15, 0.2) is 24.3 Å². The third-order valence-electron chi connectivity index (χ3n) is 2.35. The predicted octanol–water partition coefficient (Wildman–Crippen LogP) is 2.64. The second-order valence-electron chi connectivity index (χ2n) is 4.34. The van der Waals surface area contributed by atoms with E-state index in [1.807, 2.05) is 24.3 Å². The Labute approximate surface area is 91.9 Å². The van der Waals surface area contributed by atoms with Gasteiger partial charge < -0.3 is 9.84 Å². The van der Waals surface area contributed by atoms with Gasteiger partial charge in [-0.3, -0.25) is 0 Å². The molecule has 0 heterocycles. The van der Waals surface area contributed by atoms with Gasteiger partial charge in [0.1, 0.15) is 5.75 Å². The van der Waals surface area contributed by atoms with E-state index in [0.29, 0.717) is 12.3 Å². The largest absolute Gasteiger partial charge is 0.497 e. The average Bonchev–Trinajstić information content (AvgIpc) is 2.16. The lowest BCUT2D eigenvalue weighted by molar-refractivity contribution is 0.149. The van der Waals surface area contributed by atoms with Crippen LogP contribution in [-0.4, -0.2) is 18.3 Å². The molecule has 15 heavy (non-hydrogen) atoms. The molecule has 0 saturated heterocycles. The van der Waals surface area contributed by atoms with Gasteiger partial charge in [0.15, 0.2) is 0 Å². The highest BCUT2D eigenvalue weighted by Crippen LogP contribution is 2.16. The summed E-state index contributed by atoms with van der Waals surface area (Å²) in [6, 6.07) is 7.87. The quantitative estimate of drug-likeness (QED) is 0.806. The first-order valence-corrected chi connectivity index (χ1v) is 5.42. The van der Waals surface area contributed by atoms with Gasteiger partial charge in [-0.2, -0.15) is 0 Å². The van der Waals surface area contributed by atoms with E-state index in [4.69, 9.17) is 4.74 Å². The summed E-state index contributed by atoms with van der Waals surface area (Å²) in [7, 11) is 1.66. The summed E-state index contributed by atoms with van der Waals surface area (Å²) in [6.07, 6.45) is 1.30. The van der Waals surface area contributed by atoms with Crippen LogP contribution in [0.2, 0.25) is 0 Å². The molecule has 0 saturated carbocycles. The molecule has 1 aromatic rings. The Bertz CT molecular complexity index is 294. The lowest BCUT2D eigenvalue weighted by Crippen LogP contribution is -2.13. The third-order valence-corrected chi connectivity index (χ3v) is 2.35. The van der Waals surface area contributed by atoms with Crippen molar-refractivity contribution >= 4 is 0 Å². The summed E-state index contributed by atoms with van der Waals surface area (Å²) < 4.78 is 5.14. The summed E-state index contributed by atoms with van der Waals surface area (Å²) >= 11 is 0. The molecule has 0 spiro atoms. The van der Waals surface area contributed by atoms with E-state index in [2.05, 4.69) is 13.8 Å². The highest BCUT2D eigenvalue weighted by atomic mass is 16.5. The number of hydrogen-bond acceptors (Lipinski definition) is 2. The number of ether oxygens (including phenoxy) is 1. The van der Waals surface area contributed by atoms with Crippen molar-refractivity contribution in [1.29, 1.82) is 0 Å². The maximum atomic E-state index is 9.80. The zero-order chi connectivity index (χ0) is 11.3. The first-order chi connectivity index (χ1) is 7.11. The van der Waals surface area contributed by atoms with E-state index in [9.17, 15) is 5.11 Å². The summed E-state index contributed by atoms with van der Waals surface area (Å²) in [5.74, 6) is 1.38.